The number of benzene rings is 2. The van der Waals surface area contributed by atoms with Crippen molar-refractivity contribution in [3.05, 3.63) is 60.7 Å². The monoisotopic (exact) mass is 413 g/mol. The molecule has 0 aliphatic carbocycles. The second kappa shape index (κ2) is 6.49. The number of para-hydroxylation sites is 1. The van der Waals surface area contributed by atoms with Crippen LogP contribution in [0.2, 0.25) is 0 Å². The Labute approximate surface area is 149 Å². The van der Waals surface area contributed by atoms with E-state index in [1.807, 2.05) is 0 Å². The van der Waals surface area contributed by atoms with Crippen molar-refractivity contribution in [1.82, 2.24) is 0 Å². The normalized spacial score (nSPS) is 12.8. The highest BCUT2D eigenvalue weighted by Crippen LogP contribution is 2.40. The van der Waals surface area contributed by atoms with Gasteiger partial charge in [-0.25, -0.2) is 16.8 Å². The van der Waals surface area contributed by atoms with E-state index in [-0.39, 0.29) is 14.3 Å². The molecule has 0 saturated heterocycles. The van der Waals surface area contributed by atoms with Gasteiger partial charge < -0.3 is 0 Å². The van der Waals surface area contributed by atoms with Crippen LogP contribution < -0.4 is 3.71 Å². The summed E-state index contributed by atoms with van der Waals surface area (Å²) in [5.41, 5.74) is -0.164. The Bertz CT molecular complexity index is 880. The Morgan fingerprint density at radius 2 is 1.17 bits per heavy atom. The van der Waals surface area contributed by atoms with Gasteiger partial charge in [-0.3, -0.25) is 0 Å². The summed E-state index contributed by atoms with van der Waals surface area (Å²) in [7, 11) is -9.36. The van der Waals surface area contributed by atoms with Crippen molar-refractivity contribution >= 4 is 60.5 Å². The van der Waals surface area contributed by atoms with E-state index in [0.717, 1.165) is 0 Å². The van der Waals surface area contributed by atoms with Gasteiger partial charge in [0.2, 0.25) is 0 Å². The maximum absolute atomic E-state index is 12.8. The second-order valence-electron chi connectivity index (χ2n) is 4.30. The van der Waals surface area contributed by atoms with Gasteiger partial charge >= 0.3 is 3.12 Å². The van der Waals surface area contributed by atoms with Gasteiger partial charge in [-0.05, 0) is 24.3 Å². The second-order valence-corrected chi connectivity index (χ2v) is 11.2. The molecule has 0 spiro atoms. The maximum atomic E-state index is 12.8. The van der Waals surface area contributed by atoms with Gasteiger partial charge in [0.15, 0.2) is 0 Å². The molecule has 5 nitrogen and oxygen atoms in total. The first kappa shape index (κ1) is 18.4. The van der Waals surface area contributed by atoms with E-state index in [1.54, 1.807) is 12.1 Å². The highest BCUT2D eigenvalue weighted by atomic mass is 35.6. The van der Waals surface area contributed by atoms with Crippen LogP contribution >= 0.6 is 34.8 Å². The molecule has 124 valence electrons. The topological polar surface area (TPSA) is 71.5 Å². The molecule has 2 rings (SSSR count). The third kappa shape index (κ3) is 3.59. The Kier molecular flexibility index (Phi) is 5.18. The molecule has 0 amide bonds. The molecule has 0 N–H and O–H groups in total. The smallest absolute Gasteiger partial charge is 0.201 e. The van der Waals surface area contributed by atoms with Crippen molar-refractivity contribution in [3.63, 3.8) is 0 Å². The fourth-order valence-electron chi connectivity index (χ4n) is 1.74. The standard InChI is InChI=1S/C13H10Cl3NO4S2/c14-13(15,16)23(20,21)17(11-7-3-1-4-8-11)22(18,19)12-9-5-2-6-10-12/h1-10H. The average Bonchev–Trinajstić information content (AvgIpc) is 2.47. The molecule has 2 aromatic rings. The Morgan fingerprint density at radius 1 is 0.739 bits per heavy atom. The summed E-state index contributed by atoms with van der Waals surface area (Å²) >= 11 is 16.5. The fourth-order valence-corrected chi connectivity index (χ4v) is 6.03. The fraction of sp³-hybridized carbons (Fsp3) is 0.0769. The Hall–Kier alpha value is -0.990. The highest BCUT2D eigenvalue weighted by molar-refractivity contribution is 8.12. The molecule has 10 heteroatoms. The maximum Gasteiger partial charge on any atom is 0.312 e. The molecule has 0 heterocycles. The van der Waals surface area contributed by atoms with Crippen LogP contribution in [0.3, 0.4) is 0 Å². The average molecular weight is 415 g/mol. The molecule has 0 unspecified atom stereocenters. The zero-order valence-corrected chi connectivity index (χ0v) is 15.2. The number of halogens is 3. The number of nitrogens with zero attached hydrogens (tertiary/aromatic N) is 1. The zero-order chi connectivity index (χ0) is 17.3. The van der Waals surface area contributed by atoms with Crippen LogP contribution in [0.25, 0.3) is 0 Å². The molecule has 0 fully saturated rings. The van der Waals surface area contributed by atoms with Gasteiger partial charge in [-0.15, -0.1) is 0 Å². The predicted molar refractivity (Wildman–Crippen MR) is 91.8 cm³/mol. The van der Waals surface area contributed by atoms with Gasteiger partial charge in [0, 0.05) is 0 Å². The summed E-state index contributed by atoms with van der Waals surface area (Å²) in [6, 6.07) is 14.1. The largest absolute Gasteiger partial charge is 0.312 e. The number of rotatable bonds is 4. The van der Waals surface area contributed by atoms with E-state index in [4.69, 9.17) is 34.8 Å². The zero-order valence-electron chi connectivity index (χ0n) is 11.3. The SMILES string of the molecule is O=S(=O)(c1ccccc1)N(c1ccccc1)S(=O)(=O)C(Cl)(Cl)Cl. The lowest BCUT2D eigenvalue weighted by Gasteiger charge is -2.27. The number of alkyl halides is 3. The molecule has 0 atom stereocenters. The van der Waals surface area contributed by atoms with Crippen molar-refractivity contribution in [3.8, 4) is 0 Å². The summed E-state index contributed by atoms with van der Waals surface area (Å²) in [6.07, 6.45) is 0. The van der Waals surface area contributed by atoms with Crippen LogP contribution in [0.4, 0.5) is 5.69 Å². The summed E-state index contributed by atoms with van der Waals surface area (Å²) in [5.74, 6) is 0. The summed E-state index contributed by atoms with van der Waals surface area (Å²) in [5, 5.41) is 0. The van der Waals surface area contributed by atoms with E-state index < -0.39 is 23.2 Å². The minimum atomic E-state index is -4.86. The number of anilines is 1. The lowest BCUT2D eigenvalue weighted by molar-refractivity contribution is 0.584. The first-order chi connectivity index (χ1) is 10.6. The summed E-state index contributed by atoms with van der Waals surface area (Å²) in [4.78, 5) is -0.248. The molecule has 0 aromatic heterocycles. The van der Waals surface area contributed by atoms with Crippen molar-refractivity contribution < 1.29 is 16.8 Å². The first-order valence-electron chi connectivity index (χ1n) is 6.05. The van der Waals surface area contributed by atoms with Crippen molar-refractivity contribution in [2.75, 3.05) is 3.71 Å². The quantitative estimate of drug-likeness (QED) is 0.717. The Balaban J connectivity index is 2.75. The van der Waals surface area contributed by atoms with Crippen LogP contribution in [0.1, 0.15) is 0 Å². The molecule has 0 aliphatic rings. The Morgan fingerprint density at radius 3 is 1.61 bits per heavy atom. The van der Waals surface area contributed by atoms with E-state index in [9.17, 15) is 16.8 Å². The molecule has 23 heavy (non-hydrogen) atoms. The van der Waals surface area contributed by atoms with Gasteiger partial charge in [-0.1, -0.05) is 71.2 Å². The molecule has 0 radical (unpaired) electrons. The van der Waals surface area contributed by atoms with Crippen LogP contribution in [0.5, 0.6) is 0 Å². The minimum Gasteiger partial charge on any atom is -0.201 e. The van der Waals surface area contributed by atoms with Gasteiger partial charge in [0.05, 0.1) is 10.6 Å². The molecular weight excluding hydrogens is 405 g/mol. The molecule has 0 aliphatic heterocycles. The van der Waals surface area contributed by atoms with Gasteiger partial charge in [0.25, 0.3) is 20.0 Å². The van der Waals surface area contributed by atoms with Crippen molar-refractivity contribution in [2.24, 2.45) is 0 Å². The van der Waals surface area contributed by atoms with Crippen LogP contribution in [0.15, 0.2) is 65.6 Å². The van der Waals surface area contributed by atoms with E-state index in [1.165, 1.54) is 48.5 Å². The predicted octanol–water partition coefficient (Wildman–Crippen LogP) is 3.54. The number of sulfonamides is 2. The van der Waals surface area contributed by atoms with Crippen LogP contribution in [0, 0.1) is 0 Å². The first-order valence-corrected chi connectivity index (χ1v) is 10.1. The van der Waals surface area contributed by atoms with E-state index in [2.05, 4.69) is 0 Å². The third-order valence-corrected chi connectivity index (χ3v) is 8.42. The molecular formula is C13H10Cl3NO4S2. The van der Waals surface area contributed by atoms with Gasteiger partial charge in [0.1, 0.15) is 0 Å². The molecule has 0 bridgehead atoms. The lowest BCUT2D eigenvalue weighted by Crippen LogP contribution is -2.43. The third-order valence-electron chi connectivity index (χ3n) is 2.74. The van der Waals surface area contributed by atoms with E-state index >= 15 is 0 Å². The van der Waals surface area contributed by atoms with E-state index in [0.29, 0.717) is 0 Å². The van der Waals surface area contributed by atoms with Crippen LogP contribution in [-0.2, 0) is 20.0 Å². The molecule has 2 aromatic carbocycles. The summed E-state index contributed by atoms with van der Waals surface area (Å²) in [6.45, 7) is 0. The summed E-state index contributed by atoms with van der Waals surface area (Å²) < 4.78 is 47.9. The van der Waals surface area contributed by atoms with Crippen LogP contribution in [-0.4, -0.2) is 20.0 Å². The highest BCUT2D eigenvalue weighted by Gasteiger charge is 2.48. The molecule has 0 saturated carbocycles. The number of hydrogen-bond donors (Lipinski definition) is 0. The van der Waals surface area contributed by atoms with Crippen molar-refractivity contribution in [2.45, 2.75) is 8.02 Å². The van der Waals surface area contributed by atoms with Gasteiger partial charge in [-0.2, -0.15) is 3.71 Å². The minimum absolute atomic E-state index is 0.127. The van der Waals surface area contributed by atoms with Crippen molar-refractivity contribution in [1.29, 1.82) is 0 Å². The lowest BCUT2D eigenvalue weighted by atomic mass is 10.3. The number of hydrogen-bond acceptors (Lipinski definition) is 4.